The van der Waals surface area contributed by atoms with Crippen LogP contribution in [0, 0.1) is 36.7 Å². The molecule has 0 unspecified atom stereocenters. The molecule has 0 radical (unpaired) electrons. The molecule has 0 atom stereocenters. The lowest BCUT2D eigenvalue weighted by atomic mass is 10.2. The number of carbonyl (C=O) groups is 1. The molecule has 2 heterocycles. The van der Waals surface area contributed by atoms with Gasteiger partial charge in [0.1, 0.15) is 24.3 Å². The number of halogens is 2. The van der Waals surface area contributed by atoms with Gasteiger partial charge in [0.2, 0.25) is 5.91 Å². The van der Waals surface area contributed by atoms with Crippen LogP contribution in [0.3, 0.4) is 0 Å². The number of aryl methyl sites for hydroxylation is 2. The summed E-state index contributed by atoms with van der Waals surface area (Å²) in [4.78, 5) is 22.8. The number of nitrogens with one attached hydrogen (secondary N) is 1. The van der Waals surface area contributed by atoms with E-state index < -0.39 is 16.6 Å². The Labute approximate surface area is 170 Å². The molecule has 3 rings (SSSR count). The van der Waals surface area contributed by atoms with Crippen molar-refractivity contribution in [1.29, 1.82) is 0 Å². The number of hydrogen-bond acceptors (Lipinski definition) is 5. The fraction of sp³-hybridized carbons (Fsp3) is 0.278. The SMILES string of the molecule is Cc1nn(CC(=O)Nc2c(C)nn(Cc3ccc(F)cc3Cl)c2C)cc1[N+](=O)[O-]. The molecular formula is C18H18ClFN6O3. The number of amides is 1. The molecule has 11 heteroatoms. The normalized spacial score (nSPS) is 10.9. The van der Waals surface area contributed by atoms with E-state index in [9.17, 15) is 19.3 Å². The van der Waals surface area contributed by atoms with E-state index in [2.05, 4.69) is 15.5 Å². The zero-order valence-corrected chi connectivity index (χ0v) is 16.7. The van der Waals surface area contributed by atoms with E-state index >= 15 is 0 Å². The van der Waals surface area contributed by atoms with Crippen molar-refractivity contribution >= 4 is 28.9 Å². The van der Waals surface area contributed by atoms with Crippen LogP contribution in [-0.2, 0) is 17.9 Å². The first-order valence-electron chi connectivity index (χ1n) is 8.62. The summed E-state index contributed by atoms with van der Waals surface area (Å²) < 4.78 is 16.1. The number of nitrogens with zero attached hydrogens (tertiary/aromatic N) is 5. The number of rotatable bonds is 6. The van der Waals surface area contributed by atoms with Gasteiger partial charge in [-0.25, -0.2) is 4.39 Å². The first-order chi connectivity index (χ1) is 13.7. The van der Waals surface area contributed by atoms with Crippen LogP contribution in [-0.4, -0.2) is 30.4 Å². The number of hydrogen-bond donors (Lipinski definition) is 1. The molecule has 1 aromatic carbocycles. The topological polar surface area (TPSA) is 108 Å². The molecule has 0 bridgehead atoms. The molecular weight excluding hydrogens is 403 g/mol. The second kappa shape index (κ2) is 8.00. The number of benzene rings is 1. The highest BCUT2D eigenvalue weighted by Gasteiger charge is 2.19. The fourth-order valence-electron chi connectivity index (χ4n) is 2.94. The molecule has 0 saturated heterocycles. The van der Waals surface area contributed by atoms with E-state index in [0.29, 0.717) is 34.2 Å². The highest BCUT2D eigenvalue weighted by Crippen LogP contribution is 2.23. The maximum atomic E-state index is 13.2. The third-order valence-corrected chi connectivity index (χ3v) is 4.76. The van der Waals surface area contributed by atoms with Crippen molar-refractivity contribution in [2.24, 2.45) is 0 Å². The van der Waals surface area contributed by atoms with Gasteiger partial charge in [-0.2, -0.15) is 10.2 Å². The monoisotopic (exact) mass is 420 g/mol. The lowest BCUT2D eigenvalue weighted by Gasteiger charge is -2.08. The van der Waals surface area contributed by atoms with Gasteiger partial charge in [0.15, 0.2) is 0 Å². The lowest BCUT2D eigenvalue weighted by Crippen LogP contribution is -2.20. The van der Waals surface area contributed by atoms with Crippen LogP contribution in [0.15, 0.2) is 24.4 Å². The van der Waals surface area contributed by atoms with E-state index in [4.69, 9.17) is 11.6 Å². The van der Waals surface area contributed by atoms with Crippen molar-refractivity contribution in [2.75, 3.05) is 5.32 Å². The van der Waals surface area contributed by atoms with Crippen LogP contribution in [0.2, 0.25) is 5.02 Å². The number of nitro groups is 1. The minimum Gasteiger partial charge on any atom is -0.321 e. The Morgan fingerprint density at radius 3 is 2.62 bits per heavy atom. The second-order valence-electron chi connectivity index (χ2n) is 6.54. The third-order valence-electron chi connectivity index (χ3n) is 4.40. The fourth-order valence-corrected chi connectivity index (χ4v) is 3.16. The molecule has 1 amide bonds. The van der Waals surface area contributed by atoms with Gasteiger partial charge in [-0.15, -0.1) is 0 Å². The van der Waals surface area contributed by atoms with Crippen LogP contribution >= 0.6 is 11.6 Å². The molecule has 0 spiro atoms. The molecule has 0 saturated carbocycles. The Kier molecular flexibility index (Phi) is 5.64. The highest BCUT2D eigenvalue weighted by atomic mass is 35.5. The zero-order valence-electron chi connectivity index (χ0n) is 15.9. The van der Waals surface area contributed by atoms with E-state index in [1.165, 1.54) is 29.9 Å². The maximum absolute atomic E-state index is 13.2. The van der Waals surface area contributed by atoms with Gasteiger partial charge in [0, 0.05) is 5.02 Å². The van der Waals surface area contributed by atoms with Crippen molar-refractivity contribution in [3.05, 3.63) is 68.0 Å². The average molecular weight is 421 g/mol. The maximum Gasteiger partial charge on any atom is 0.309 e. The number of anilines is 1. The molecule has 1 N–H and O–H groups in total. The molecule has 29 heavy (non-hydrogen) atoms. The van der Waals surface area contributed by atoms with Crippen molar-refractivity contribution in [3.8, 4) is 0 Å². The average Bonchev–Trinajstić information content (AvgIpc) is 3.12. The predicted octanol–water partition coefficient (Wildman–Crippen LogP) is 3.39. The molecule has 0 fully saturated rings. The third kappa shape index (κ3) is 4.43. The van der Waals surface area contributed by atoms with Gasteiger partial charge >= 0.3 is 5.69 Å². The molecule has 0 aliphatic carbocycles. The Hall–Kier alpha value is -3.27. The van der Waals surface area contributed by atoms with Crippen LogP contribution < -0.4 is 5.32 Å². The van der Waals surface area contributed by atoms with E-state index in [-0.39, 0.29) is 17.9 Å². The van der Waals surface area contributed by atoms with E-state index in [1.54, 1.807) is 24.6 Å². The van der Waals surface area contributed by atoms with E-state index in [0.717, 1.165) is 0 Å². The summed E-state index contributed by atoms with van der Waals surface area (Å²) in [7, 11) is 0. The minimum absolute atomic E-state index is 0.144. The standard InChI is InChI=1S/C18H18ClFN6O3/c1-10-16(26(28)29)8-24(22-10)9-17(27)21-18-11(2)23-25(12(18)3)7-13-4-5-14(20)6-15(13)19/h4-6,8H,7,9H2,1-3H3,(H,21,27). The first kappa shape index (κ1) is 20.5. The Bertz CT molecular complexity index is 1110. The predicted molar refractivity (Wildman–Crippen MR) is 104 cm³/mol. The summed E-state index contributed by atoms with van der Waals surface area (Å²) in [5, 5.41) is 22.4. The largest absolute Gasteiger partial charge is 0.321 e. The Balaban J connectivity index is 1.75. The quantitative estimate of drug-likeness (QED) is 0.485. The molecule has 3 aromatic rings. The Morgan fingerprint density at radius 2 is 2.00 bits per heavy atom. The summed E-state index contributed by atoms with van der Waals surface area (Å²) in [6.07, 6.45) is 1.22. The Morgan fingerprint density at radius 1 is 1.28 bits per heavy atom. The highest BCUT2D eigenvalue weighted by molar-refractivity contribution is 6.31. The molecule has 0 aliphatic heterocycles. The van der Waals surface area contributed by atoms with Gasteiger partial charge in [0.05, 0.1) is 28.5 Å². The zero-order chi connectivity index (χ0) is 21.3. The van der Waals surface area contributed by atoms with Crippen LogP contribution in [0.1, 0.15) is 22.6 Å². The summed E-state index contributed by atoms with van der Waals surface area (Å²) in [6.45, 7) is 5.17. The molecule has 9 nitrogen and oxygen atoms in total. The van der Waals surface area contributed by atoms with Crippen LogP contribution in [0.25, 0.3) is 0 Å². The first-order valence-corrected chi connectivity index (χ1v) is 8.99. The van der Waals surface area contributed by atoms with E-state index in [1.807, 2.05) is 0 Å². The molecule has 2 aromatic heterocycles. The summed E-state index contributed by atoms with van der Waals surface area (Å²) in [6, 6.07) is 4.14. The molecule has 152 valence electrons. The van der Waals surface area contributed by atoms with Gasteiger partial charge in [-0.05, 0) is 38.5 Å². The minimum atomic E-state index is -0.546. The van der Waals surface area contributed by atoms with Crippen molar-refractivity contribution in [3.63, 3.8) is 0 Å². The van der Waals surface area contributed by atoms with Gasteiger partial charge in [0.25, 0.3) is 0 Å². The van der Waals surface area contributed by atoms with Crippen LogP contribution in [0.4, 0.5) is 15.8 Å². The smallest absolute Gasteiger partial charge is 0.309 e. The number of aromatic nitrogens is 4. The van der Waals surface area contributed by atoms with Crippen LogP contribution in [0.5, 0.6) is 0 Å². The summed E-state index contributed by atoms with van der Waals surface area (Å²) >= 11 is 6.08. The number of carbonyl (C=O) groups excluding carboxylic acids is 1. The van der Waals surface area contributed by atoms with Crippen molar-refractivity contribution < 1.29 is 14.1 Å². The second-order valence-corrected chi connectivity index (χ2v) is 6.95. The van der Waals surface area contributed by atoms with Gasteiger partial charge in [-0.3, -0.25) is 24.3 Å². The van der Waals surface area contributed by atoms with Crippen molar-refractivity contribution in [2.45, 2.75) is 33.9 Å². The van der Waals surface area contributed by atoms with Crippen molar-refractivity contribution in [1.82, 2.24) is 19.6 Å². The lowest BCUT2D eigenvalue weighted by molar-refractivity contribution is -0.385. The van der Waals surface area contributed by atoms with Gasteiger partial charge in [-0.1, -0.05) is 17.7 Å². The van der Waals surface area contributed by atoms with Gasteiger partial charge < -0.3 is 5.32 Å². The summed E-state index contributed by atoms with van der Waals surface area (Å²) in [5.41, 5.74) is 2.60. The summed E-state index contributed by atoms with van der Waals surface area (Å²) in [5.74, 6) is -0.817. The molecule has 0 aliphatic rings.